The third kappa shape index (κ3) is 11.9. The van der Waals surface area contributed by atoms with Gasteiger partial charge in [0, 0.05) is 0 Å². The van der Waals surface area contributed by atoms with Crippen molar-refractivity contribution in [2.75, 3.05) is 56.4 Å². The van der Waals surface area contributed by atoms with Gasteiger partial charge in [-0.15, -0.1) is 0 Å². The van der Waals surface area contributed by atoms with Crippen molar-refractivity contribution in [3.8, 4) is 0 Å². The summed E-state index contributed by atoms with van der Waals surface area (Å²) in [6, 6.07) is 34.2. The zero-order valence-corrected chi connectivity index (χ0v) is 36.3. The average Bonchev–Trinajstić information content (AvgIpc) is 2.97. The number of quaternary nitrogens is 2. The van der Waals surface area contributed by atoms with E-state index in [0.29, 0.717) is 14.3 Å². The van der Waals surface area contributed by atoms with Crippen LogP contribution in [0.2, 0.25) is 0 Å². The molecular formula is C34H44Cl4N2O4Sn2. The molecule has 12 heteroatoms. The monoisotopic (exact) mass is 924 g/mol. The summed E-state index contributed by atoms with van der Waals surface area (Å²) in [6.45, 7) is 0. The molecule has 6 nitrogen and oxygen atoms in total. The molecule has 0 amide bonds. The van der Waals surface area contributed by atoms with E-state index >= 15 is 0 Å². The van der Waals surface area contributed by atoms with E-state index in [-0.39, 0.29) is 0 Å². The quantitative estimate of drug-likeness (QED) is 0.154. The van der Waals surface area contributed by atoms with Gasteiger partial charge in [-0.2, -0.15) is 0 Å². The van der Waals surface area contributed by atoms with E-state index in [0.717, 1.165) is 8.97 Å². The topological polar surface area (TPSA) is 52.6 Å². The van der Waals surface area contributed by atoms with Crippen LogP contribution in [-0.4, -0.2) is 108 Å². The van der Waals surface area contributed by atoms with Crippen molar-refractivity contribution in [3.63, 3.8) is 0 Å². The number of hydrogen-bond acceptors (Lipinski definition) is 4. The summed E-state index contributed by atoms with van der Waals surface area (Å²) in [6.07, 6.45) is 0. The Morgan fingerprint density at radius 1 is 0.413 bits per heavy atom. The van der Waals surface area contributed by atoms with E-state index in [4.69, 9.17) is 41.8 Å². The van der Waals surface area contributed by atoms with Crippen LogP contribution >= 0.6 is 35.7 Å². The molecule has 250 valence electrons. The molecule has 0 aromatic heterocycles. The van der Waals surface area contributed by atoms with Crippen LogP contribution in [0.4, 0.5) is 0 Å². The van der Waals surface area contributed by atoms with Gasteiger partial charge in [0.2, 0.25) is 0 Å². The van der Waals surface area contributed by atoms with Crippen molar-refractivity contribution in [1.82, 2.24) is 0 Å². The Hall–Kier alpha value is -1.50. The minimum absolute atomic E-state index is 0.418. The fourth-order valence-electron chi connectivity index (χ4n) is 3.84. The van der Waals surface area contributed by atoms with Crippen molar-refractivity contribution >= 4 is 92.3 Å². The first kappa shape index (κ1) is 40.7. The minimum atomic E-state index is -5.79. The summed E-state index contributed by atoms with van der Waals surface area (Å²) in [5.74, 6) is -2.74. The molecule has 0 unspecified atom stereocenters. The first-order valence-corrected chi connectivity index (χ1v) is 36.9. The standard InChI is InChI=1S/4C6H5.2C4H12N.C2H2O4.4ClH.2Sn/c4*1-2-4-6-5-3-1;2*1-5(2,3)4;3-1(4)2(5)6;;;;;;/h4*1-5H;2*1-4H3;(H,3,4)(H,5,6);4*1H;;/q;;;;2*+1;;;;;;2*+2/p-6. The molecule has 4 aromatic carbocycles. The van der Waals surface area contributed by atoms with E-state index in [1.54, 1.807) is 121 Å². The van der Waals surface area contributed by atoms with Crippen molar-refractivity contribution in [3.05, 3.63) is 121 Å². The van der Waals surface area contributed by atoms with Crippen LogP contribution in [0.15, 0.2) is 121 Å². The third-order valence-electron chi connectivity index (χ3n) is 5.73. The van der Waals surface area contributed by atoms with Crippen molar-refractivity contribution in [1.29, 1.82) is 0 Å². The summed E-state index contributed by atoms with van der Waals surface area (Å²) in [5.41, 5.74) is 0. The molecule has 0 atom stereocenters. The molecule has 4 aromatic rings. The van der Waals surface area contributed by atoms with Crippen molar-refractivity contribution in [2.45, 2.75) is 0 Å². The Kier molecular flexibility index (Phi) is 14.0. The number of nitrogens with zero attached hydrogens (tertiary/aromatic N) is 2. The van der Waals surface area contributed by atoms with Crippen LogP contribution in [0.25, 0.3) is 0 Å². The summed E-state index contributed by atoms with van der Waals surface area (Å²) in [4.78, 5) is 26.6. The predicted molar refractivity (Wildman–Crippen MR) is 199 cm³/mol. The van der Waals surface area contributed by atoms with Crippen LogP contribution in [0.1, 0.15) is 0 Å². The number of halogens is 4. The molecule has 0 saturated heterocycles. The van der Waals surface area contributed by atoms with Crippen LogP contribution in [0, 0.1) is 0 Å². The molecule has 0 aliphatic carbocycles. The molecule has 0 radical (unpaired) electrons. The maximum absolute atomic E-state index is 13.3. The molecule has 0 heterocycles. The Morgan fingerprint density at radius 3 is 0.717 bits per heavy atom. The number of hydrogen-bond donors (Lipinski definition) is 0. The molecule has 0 N–H and O–H groups in total. The van der Waals surface area contributed by atoms with Gasteiger partial charge in [0.05, 0.1) is 56.4 Å². The molecular weight excluding hydrogens is 880 g/mol. The van der Waals surface area contributed by atoms with Gasteiger partial charge < -0.3 is 8.97 Å². The third-order valence-corrected chi connectivity index (χ3v) is 37.4. The van der Waals surface area contributed by atoms with Crippen molar-refractivity contribution < 1.29 is 24.7 Å². The second-order valence-corrected chi connectivity index (χ2v) is 53.8. The Balaban J connectivity index is 0.000000642. The molecule has 0 aliphatic heterocycles. The van der Waals surface area contributed by atoms with Gasteiger partial charge in [0.1, 0.15) is 0 Å². The average molecular weight is 924 g/mol. The number of carbonyl (C=O) groups is 2. The maximum atomic E-state index is 13.3. The Morgan fingerprint density at radius 2 is 0.565 bits per heavy atom. The Labute approximate surface area is 291 Å². The van der Waals surface area contributed by atoms with E-state index < -0.39 is 42.2 Å². The second-order valence-electron chi connectivity index (χ2n) is 13.5. The van der Waals surface area contributed by atoms with E-state index in [1.165, 1.54) is 0 Å². The van der Waals surface area contributed by atoms with Crippen LogP contribution < -0.4 is 14.3 Å². The van der Waals surface area contributed by atoms with Gasteiger partial charge in [-0.05, 0) is 0 Å². The van der Waals surface area contributed by atoms with Gasteiger partial charge in [-0.3, -0.25) is 0 Å². The summed E-state index contributed by atoms with van der Waals surface area (Å²) in [5, 5.41) is 0. The molecule has 0 aliphatic rings. The number of benzene rings is 4. The molecule has 0 bridgehead atoms. The van der Waals surface area contributed by atoms with Crippen molar-refractivity contribution in [2.24, 2.45) is 0 Å². The first-order valence-electron chi connectivity index (χ1n) is 14.5. The van der Waals surface area contributed by atoms with E-state index in [2.05, 4.69) is 56.4 Å². The van der Waals surface area contributed by atoms with Gasteiger partial charge in [0.15, 0.2) is 0 Å². The zero-order valence-electron chi connectivity index (χ0n) is 27.6. The molecule has 4 rings (SSSR count). The first-order chi connectivity index (χ1) is 21.0. The zero-order chi connectivity index (χ0) is 34.9. The van der Waals surface area contributed by atoms with Gasteiger partial charge in [-0.1, -0.05) is 0 Å². The molecule has 0 spiro atoms. The fraction of sp³-hybridized carbons (Fsp3) is 0.235. The van der Waals surface area contributed by atoms with Crippen LogP contribution in [0.5, 0.6) is 0 Å². The predicted octanol–water partition coefficient (Wildman–Crippen LogP) is 5.09. The summed E-state index contributed by atoms with van der Waals surface area (Å²) in [7, 11) is 45.4. The van der Waals surface area contributed by atoms with Gasteiger partial charge in [-0.25, -0.2) is 0 Å². The molecule has 46 heavy (non-hydrogen) atoms. The summed E-state index contributed by atoms with van der Waals surface area (Å²) >= 11 is -11.6. The molecule has 0 fully saturated rings. The normalized spacial score (nSPS) is 13.5. The van der Waals surface area contributed by atoms with Crippen LogP contribution in [-0.2, 0) is 15.7 Å². The van der Waals surface area contributed by atoms with E-state index in [1.807, 2.05) is 0 Å². The van der Waals surface area contributed by atoms with Gasteiger partial charge >= 0.3 is 229 Å². The second kappa shape index (κ2) is 15.8. The Bertz CT molecular complexity index is 1360. The van der Waals surface area contributed by atoms with Crippen LogP contribution in [0.3, 0.4) is 0 Å². The number of carbonyl (C=O) groups excluding carboxylic acids is 2. The molecule has 0 saturated carbocycles. The van der Waals surface area contributed by atoms with Gasteiger partial charge in [0.25, 0.3) is 0 Å². The number of rotatable bonds is 6. The fourth-order valence-corrected chi connectivity index (χ4v) is 26.6. The SMILES string of the molecule is C[N+](C)(C)C.C[N+](C)(C)C.O=C([O][Sn-]([Cl])([Cl])([c]1ccccc1)[c]1ccccc1)C(=O)[O][Sn-]([Cl])([Cl])([c]1ccccc1)[c]1ccccc1. The summed E-state index contributed by atoms with van der Waals surface area (Å²) < 4.78 is 15.2. The van der Waals surface area contributed by atoms with E-state index in [9.17, 15) is 9.59 Å².